The summed E-state index contributed by atoms with van der Waals surface area (Å²) in [4.78, 5) is 45.4. The van der Waals surface area contributed by atoms with Crippen LogP contribution >= 0.6 is 11.8 Å². The van der Waals surface area contributed by atoms with Crippen molar-refractivity contribution in [1.82, 2.24) is 9.80 Å². The number of amides is 2. The summed E-state index contributed by atoms with van der Waals surface area (Å²) in [5.74, 6) is 0.0353. The van der Waals surface area contributed by atoms with Crippen LogP contribution in [0.2, 0.25) is 0 Å². The Morgan fingerprint density at radius 1 is 1.10 bits per heavy atom. The van der Waals surface area contributed by atoms with Gasteiger partial charge in [-0.3, -0.25) is 24.6 Å². The minimum atomic E-state index is -0.527. The van der Waals surface area contributed by atoms with E-state index >= 15 is 0 Å². The number of amidine groups is 1. The molecular formula is C30H28N4O7S. The number of carbonyl (C=O) groups is 2. The fraction of sp³-hybridized carbons (Fsp3) is 0.233. The Labute approximate surface area is 246 Å². The first kappa shape index (κ1) is 28.8. The third-order valence-corrected chi connectivity index (χ3v) is 7.71. The van der Waals surface area contributed by atoms with Crippen LogP contribution in [-0.4, -0.2) is 72.2 Å². The molecule has 3 aromatic rings. The van der Waals surface area contributed by atoms with Gasteiger partial charge in [0.05, 0.1) is 47.5 Å². The molecule has 0 N–H and O–H groups in total. The third-order valence-electron chi connectivity index (χ3n) is 6.65. The lowest BCUT2D eigenvalue weighted by atomic mass is 10.1. The zero-order chi connectivity index (χ0) is 29.6. The number of nitrogens with zero attached hydrogens (tertiary/aromatic N) is 4. The number of hydrogen-bond acceptors (Lipinski definition) is 9. The lowest BCUT2D eigenvalue weighted by molar-refractivity contribution is -0.385. The van der Waals surface area contributed by atoms with Crippen LogP contribution < -0.4 is 9.47 Å². The number of likely N-dealkylation sites (N-methyl/N-ethyl adjacent to an activating group) is 1. The van der Waals surface area contributed by atoms with Gasteiger partial charge in [-0.2, -0.15) is 0 Å². The summed E-state index contributed by atoms with van der Waals surface area (Å²) in [6.07, 6.45) is 1.45. The van der Waals surface area contributed by atoms with Crippen molar-refractivity contribution in [1.29, 1.82) is 0 Å². The van der Waals surface area contributed by atoms with Gasteiger partial charge in [-0.1, -0.05) is 36.4 Å². The highest BCUT2D eigenvalue weighted by Gasteiger charge is 2.32. The number of hydrogen-bond donors (Lipinski definition) is 0. The number of aliphatic imine (C=N–C) groups is 1. The highest BCUT2D eigenvalue weighted by atomic mass is 32.2. The van der Waals surface area contributed by atoms with Gasteiger partial charge in [-0.05, 0) is 47.7 Å². The smallest absolute Gasteiger partial charge is 0.280 e. The molecule has 11 nitrogen and oxygen atoms in total. The number of carbonyl (C=O) groups excluding carboxylic acids is 2. The lowest BCUT2D eigenvalue weighted by Gasteiger charge is -2.26. The van der Waals surface area contributed by atoms with Crippen LogP contribution in [0.4, 0.5) is 11.4 Å². The van der Waals surface area contributed by atoms with E-state index in [2.05, 4.69) is 4.99 Å². The van der Waals surface area contributed by atoms with Crippen molar-refractivity contribution in [3.05, 3.63) is 98.4 Å². The predicted octanol–water partition coefficient (Wildman–Crippen LogP) is 4.89. The third kappa shape index (κ3) is 6.45. The first-order valence-corrected chi connectivity index (χ1v) is 13.9. The van der Waals surface area contributed by atoms with Gasteiger partial charge in [0.15, 0.2) is 16.7 Å². The van der Waals surface area contributed by atoms with E-state index in [1.54, 1.807) is 36.2 Å². The van der Waals surface area contributed by atoms with Crippen LogP contribution in [0.3, 0.4) is 0 Å². The highest BCUT2D eigenvalue weighted by molar-refractivity contribution is 8.18. The molecule has 12 heteroatoms. The van der Waals surface area contributed by atoms with Gasteiger partial charge in [-0.15, -0.1) is 0 Å². The fourth-order valence-electron chi connectivity index (χ4n) is 4.41. The number of nitro benzene ring substituents is 1. The van der Waals surface area contributed by atoms with Gasteiger partial charge in [0, 0.05) is 25.7 Å². The van der Waals surface area contributed by atoms with Crippen LogP contribution in [0.5, 0.6) is 11.5 Å². The summed E-state index contributed by atoms with van der Waals surface area (Å²) in [7, 11) is 3.02. The van der Waals surface area contributed by atoms with Gasteiger partial charge in [0.1, 0.15) is 6.61 Å². The Kier molecular flexibility index (Phi) is 8.84. The molecule has 0 aromatic heterocycles. The highest BCUT2D eigenvalue weighted by Crippen LogP contribution is 2.39. The number of rotatable bonds is 8. The second kappa shape index (κ2) is 12.9. The normalized spacial score (nSPS) is 17.1. The molecule has 42 heavy (non-hydrogen) atoms. The molecule has 2 aliphatic rings. The van der Waals surface area contributed by atoms with Gasteiger partial charge < -0.3 is 19.1 Å². The van der Waals surface area contributed by atoms with Gasteiger partial charge in [-0.25, -0.2) is 4.99 Å². The van der Waals surface area contributed by atoms with Crippen molar-refractivity contribution in [2.24, 2.45) is 4.99 Å². The van der Waals surface area contributed by atoms with Crippen molar-refractivity contribution >= 4 is 46.2 Å². The quantitative estimate of drug-likeness (QED) is 0.207. The van der Waals surface area contributed by atoms with E-state index in [-0.39, 0.29) is 40.3 Å². The van der Waals surface area contributed by atoms with E-state index in [0.29, 0.717) is 48.5 Å². The van der Waals surface area contributed by atoms with E-state index < -0.39 is 4.92 Å². The Morgan fingerprint density at radius 3 is 2.57 bits per heavy atom. The molecule has 2 aliphatic heterocycles. The van der Waals surface area contributed by atoms with Crippen LogP contribution in [0, 0.1) is 10.1 Å². The monoisotopic (exact) mass is 588 g/mol. The average Bonchev–Trinajstić information content (AvgIpc) is 3.28. The molecule has 2 heterocycles. The number of benzene rings is 3. The standard InChI is InChI=1S/C30H28N4O7S/c1-32-29(36)27(42-30(32)31-23-10-6-9-21(15-23)28(35)33-11-13-40-14-12-33)17-22-16-25(39-2)26(18-24(22)34(37)38)41-19-20-7-4-3-5-8-20/h3-10,15-18H,11-14,19H2,1-2H3/b27-17+,31-30?. The summed E-state index contributed by atoms with van der Waals surface area (Å²) in [6, 6.07) is 19.1. The van der Waals surface area contributed by atoms with Crippen LogP contribution in [0.1, 0.15) is 21.5 Å². The lowest BCUT2D eigenvalue weighted by Crippen LogP contribution is -2.40. The number of morpholine rings is 1. The summed E-state index contributed by atoms with van der Waals surface area (Å²) >= 11 is 1.09. The Balaban J connectivity index is 1.40. The molecule has 0 bridgehead atoms. The van der Waals surface area contributed by atoms with Crippen LogP contribution in [0.25, 0.3) is 6.08 Å². The molecular weight excluding hydrogens is 560 g/mol. The largest absolute Gasteiger partial charge is 0.493 e. The van der Waals surface area contributed by atoms with Gasteiger partial charge >= 0.3 is 0 Å². The zero-order valence-electron chi connectivity index (χ0n) is 23.0. The maximum Gasteiger partial charge on any atom is 0.280 e. The zero-order valence-corrected chi connectivity index (χ0v) is 23.8. The Bertz CT molecular complexity index is 1570. The summed E-state index contributed by atoms with van der Waals surface area (Å²) in [5.41, 5.74) is 1.84. The Morgan fingerprint density at radius 2 is 1.86 bits per heavy atom. The maximum atomic E-state index is 13.1. The summed E-state index contributed by atoms with van der Waals surface area (Å²) in [6.45, 7) is 2.25. The fourth-order valence-corrected chi connectivity index (χ4v) is 5.38. The molecule has 0 unspecified atom stereocenters. The van der Waals surface area contributed by atoms with Gasteiger partial charge in [0.2, 0.25) is 0 Å². The van der Waals surface area contributed by atoms with Gasteiger partial charge in [0.25, 0.3) is 17.5 Å². The molecule has 0 spiro atoms. The second-order valence-corrected chi connectivity index (χ2v) is 10.4. The minimum Gasteiger partial charge on any atom is -0.493 e. The van der Waals surface area contributed by atoms with E-state index in [1.165, 1.54) is 30.2 Å². The van der Waals surface area contributed by atoms with Crippen LogP contribution in [0.15, 0.2) is 76.6 Å². The van der Waals surface area contributed by atoms with Crippen LogP contribution in [-0.2, 0) is 16.1 Å². The topological polar surface area (TPSA) is 124 Å². The summed E-state index contributed by atoms with van der Waals surface area (Å²) in [5, 5.41) is 12.4. The molecule has 2 fully saturated rings. The van der Waals surface area contributed by atoms with E-state index in [4.69, 9.17) is 14.2 Å². The number of nitro groups is 1. The molecule has 0 aliphatic carbocycles. The molecule has 0 radical (unpaired) electrons. The molecule has 0 saturated carbocycles. The van der Waals surface area contributed by atoms with E-state index in [9.17, 15) is 19.7 Å². The van der Waals surface area contributed by atoms with Crippen molar-refractivity contribution < 1.29 is 28.7 Å². The minimum absolute atomic E-state index is 0.109. The molecule has 2 saturated heterocycles. The maximum absolute atomic E-state index is 13.1. The molecule has 2 amide bonds. The van der Waals surface area contributed by atoms with E-state index in [1.807, 2.05) is 30.3 Å². The van der Waals surface area contributed by atoms with Crippen molar-refractivity contribution in [3.63, 3.8) is 0 Å². The van der Waals surface area contributed by atoms with Crippen molar-refractivity contribution in [2.45, 2.75) is 6.61 Å². The number of ether oxygens (including phenoxy) is 3. The molecule has 5 rings (SSSR count). The number of thioether (sulfide) groups is 1. The number of methoxy groups -OCH3 is 1. The second-order valence-electron chi connectivity index (χ2n) is 9.42. The SMILES string of the molecule is COc1cc(/C=C2/SC(=Nc3cccc(C(=O)N4CCOCC4)c3)N(C)C2=O)c([N+](=O)[O-])cc1OCc1ccccc1. The van der Waals surface area contributed by atoms with Crippen molar-refractivity contribution in [3.8, 4) is 11.5 Å². The first-order chi connectivity index (χ1) is 20.3. The average molecular weight is 589 g/mol. The molecule has 216 valence electrons. The predicted molar refractivity (Wildman–Crippen MR) is 159 cm³/mol. The summed E-state index contributed by atoms with van der Waals surface area (Å²) < 4.78 is 16.6. The first-order valence-electron chi connectivity index (χ1n) is 13.1. The van der Waals surface area contributed by atoms with Crippen molar-refractivity contribution in [2.75, 3.05) is 40.5 Å². The van der Waals surface area contributed by atoms with E-state index in [0.717, 1.165) is 17.3 Å². The Hall–Kier alpha value is -4.68. The molecule has 3 aromatic carbocycles. The molecule has 0 atom stereocenters.